The summed E-state index contributed by atoms with van der Waals surface area (Å²) in [6.45, 7) is 2.23. The molecule has 0 spiro atoms. The Kier molecular flexibility index (Phi) is 4.49. The topological polar surface area (TPSA) is 26.3 Å². The first kappa shape index (κ1) is 15.4. The van der Waals surface area contributed by atoms with E-state index in [1.807, 2.05) is 6.92 Å². The molecule has 0 amide bonds. The SMILES string of the molecule is CCCOc1ccc(C(=O)C(F)(F)C(F)(F)F)cc1. The second-order valence-corrected chi connectivity index (χ2v) is 3.77. The molecule has 0 saturated heterocycles. The van der Waals surface area contributed by atoms with Crippen LogP contribution in [0.3, 0.4) is 0 Å². The quantitative estimate of drug-likeness (QED) is 0.605. The molecule has 0 aromatic heterocycles. The lowest BCUT2D eigenvalue weighted by Crippen LogP contribution is -2.44. The lowest BCUT2D eigenvalue weighted by Gasteiger charge is -2.18. The maximum absolute atomic E-state index is 12.8. The predicted molar refractivity (Wildman–Crippen MR) is 57.6 cm³/mol. The molecule has 1 rings (SSSR count). The van der Waals surface area contributed by atoms with E-state index in [1.54, 1.807) is 0 Å². The maximum atomic E-state index is 12.8. The molecular weight excluding hydrogens is 271 g/mol. The zero-order chi connectivity index (χ0) is 14.7. The highest BCUT2D eigenvalue weighted by atomic mass is 19.4. The summed E-state index contributed by atoms with van der Waals surface area (Å²) in [7, 11) is 0. The van der Waals surface area contributed by atoms with Crippen molar-refractivity contribution in [1.29, 1.82) is 0 Å². The van der Waals surface area contributed by atoms with Gasteiger partial charge in [-0.3, -0.25) is 4.79 Å². The van der Waals surface area contributed by atoms with Crippen molar-refractivity contribution in [2.24, 2.45) is 0 Å². The second-order valence-electron chi connectivity index (χ2n) is 3.77. The molecule has 0 unspecified atom stereocenters. The molecule has 0 aliphatic heterocycles. The molecule has 0 atom stereocenters. The molecule has 2 nitrogen and oxygen atoms in total. The van der Waals surface area contributed by atoms with Crippen LogP contribution in [0.4, 0.5) is 22.0 Å². The Morgan fingerprint density at radius 1 is 1.11 bits per heavy atom. The van der Waals surface area contributed by atoms with E-state index < -0.39 is 23.4 Å². The highest BCUT2D eigenvalue weighted by molar-refractivity contribution is 6.02. The Bertz CT molecular complexity index is 436. The van der Waals surface area contributed by atoms with Crippen LogP contribution in [-0.4, -0.2) is 24.5 Å². The summed E-state index contributed by atoms with van der Waals surface area (Å²) in [6.07, 6.45) is -5.19. The summed E-state index contributed by atoms with van der Waals surface area (Å²) < 4.78 is 66.8. The van der Waals surface area contributed by atoms with Crippen molar-refractivity contribution in [1.82, 2.24) is 0 Å². The normalized spacial score (nSPS) is 12.3. The fraction of sp³-hybridized carbons (Fsp3) is 0.417. The number of carbonyl (C=O) groups excluding carboxylic acids is 1. The molecule has 1 aromatic carbocycles. The number of halogens is 5. The van der Waals surface area contributed by atoms with Crippen LogP contribution < -0.4 is 4.74 Å². The van der Waals surface area contributed by atoms with Crippen LogP contribution in [0.5, 0.6) is 5.75 Å². The third-order valence-corrected chi connectivity index (χ3v) is 2.23. The predicted octanol–water partition coefficient (Wildman–Crippen LogP) is 3.86. The molecule has 0 N–H and O–H groups in total. The van der Waals surface area contributed by atoms with Gasteiger partial charge in [-0.2, -0.15) is 22.0 Å². The number of benzene rings is 1. The fourth-order valence-corrected chi connectivity index (χ4v) is 1.23. The molecular formula is C12H11F5O2. The van der Waals surface area contributed by atoms with Gasteiger partial charge in [0, 0.05) is 5.56 Å². The maximum Gasteiger partial charge on any atom is 0.461 e. The number of rotatable bonds is 5. The van der Waals surface area contributed by atoms with Crippen molar-refractivity contribution in [3.63, 3.8) is 0 Å². The minimum absolute atomic E-state index is 0.300. The molecule has 7 heteroatoms. The first-order valence-corrected chi connectivity index (χ1v) is 5.42. The average molecular weight is 282 g/mol. The van der Waals surface area contributed by atoms with E-state index in [0.717, 1.165) is 12.1 Å². The van der Waals surface area contributed by atoms with E-state index in [9.17, 15) is 26.7 Å². The van der Waals surface area contributed by atoms with Crippen molar-refractivity contribution in [3.05, 3.63) is 29.8 Å². The molecule has 0 fully saturated rings. The molecule has 19 heavy (non-hydrogen) atoms. The Morgan fingerprint density at radius 2 is 1.63 bits per heavy atom. The van der Waals surface area contributed by atoms with Gasteiger partial charge in [-0.1, -0.05) is 6.92 Å². The van der Waals surface area contributed by atoms with E-state index in [1.165, 1.54) is 12.1 Å². The van der Waals surface area contributed by atoms with Crippen molar-refractivity contribution in [2.75, 3.05) is 6.61 Å². The molecule has 0 radical (unpaired) electrons. The van der Waals surface area contributed by atoms with Crippen LogP contribution in [0, 0.1) is 0 Å². The minimum Gasteiger partial charge on any atom is -0.494 e. The van der Waals surface area contributed by atoms with Gasteiger partial charge in [0.1, 0.15) is 5.75 Å². The van der Waals surface area contributed by atoms with Crippen LogP contribution in [0.2, 0.25) is 0 Å². The van der Waals surface area contributed by atoms with Crippen molar-refractivity contribution in [2.45, 2.75) is 25.4 Å². The smallest absolute Gasteiger partial charge is 0.461 e. The van der Waals surface area contributed by atoms with Crippen LogP contribution >= 0.6 is 0 Å². The molecule has 106 valence electrons. The zero-order valence-corrected chi connectivity index (χ0v) is 9.93. The Morgan fingerprint density at radius 3 is 2.05 bits per heavy atom. The standard InChI is InChI=1S/C12H11F5O2/c1-2-7-19-9-5-3-8(4-6-9)10(18)11(13,14)12(15,16)17/h3-6H,2,7H2,1H3. The fourth-order valence-electron chi connectivity index (χ4n) is 1.23. The van der Waals surface area contributed by atoms with E-state index in [0.29, 0.717) is 18.8 Å². The summed E-state index contributed by atoms with van der Waals surface area (Å²) in [6, 6.07) is 4.12. The van der Waals surface area contributed by atoms with Gasteiger partial charge in [-0.15, -0.1) is 0 Å². The number of alkyl halides is 5. The molecule has 1 aromatic rings. The first-order chi connectivity index (χ1) is 8.70. The number of hydrogen-bond donors (Lipinski definition) is 0. The third-order valence-electron chi connectivity index (χ3n) is 2.23. The second kappa shape index (κ2) is 5.54. The van der Waals surface area contributed by atoms with Gasteiger partial charge in [0.15, 0.2) is 0 Å². The Hall–Kier alpha value is -1.66. The van der Waals surface area contributed by atoms with Gasteiger partial charge in [0.05, 0.1) is 6.61 Å². The summed E-state index contributed by atoms with van der Waals surface area (Å²) in [4.78, 5) is 11.1. The Labute approximate surface area is 106 Å². The van der Waals surface area contributed by atoms with Crippen molar-refractivity contribution >= 4 is 5.78 Å². The van der Waals surface area contributed by atoms with Crippen LogP contribution in [0.1, 0.15) is 23.7 Å². The molecule has 0 heterocycles. The van der Waals surface area contributed by atoms with E-state index in [4.69, 9.17) is 4.74 Å². The zero-order valence-electron chi connectivity index (χ0n) is 9.93. The van der Waals surface area contributed by atoms with Crippen LogP contribution in [-0.2, 0) is 0 Å². The number of carbonyl (C=O) groups is 1. The van der Waals surface area contributed by atoms with Crippen molar-refractivity contribution in [3.8, 4) is 5.75 Å². The number of ketones is 1. The molecule has 0 bridgehead atoms. The molecule has 0 aliphatic carbocycles. The van der Waals surface area contributed by atoms with E-state index >= 15 is 0 Å². The van der Waals surface area contributed by atoms with Gasteiger partial charge in [-0.05, 0) is 30.7 Å². The minimum atomic E-state index is -5.90. The average Bonchev–Trinajstić information content (AvgIpc) is 2.34. The largest absolute Gasteiger partial charge is 0.494 e. The van der Waals surface area contributed by atoms with Gasteiger partial charge >= 0.3 is 12.1 Å². The van der Waals surface area contributed by atoms with Crippen molar-refractivity contribution < 1.29 is 31.5 Å². The highest BCUT2D eigenvalue weighted by Crippen LogP contribution is 2.38. The van der Waals surface area contributed by atoms with Gasteiger partial charge in [0.2, 0.25) is 5.78 Å². The van der Waals surface area contributed by atoms with Gasteiger partial charge in [0.25, 0.3) is 0 Å². The lowest BCUT2D eigenvalue weighted by molar-refractivity contribution is -0.255. The highest BCUT2D eigenvalue weighted by Gasteiger charge is 2.63. The number of ether oxygens (including phenoxy) is 1. The monoisotopic (exact) mass is 282 g/mol. The lowest BCUT2D eigenvalue weighted by atomic mass is 10.1. The van der Waals surface area contributed by atoms with Gasteiger partial charge in [-0.25, -0.2) is 0 Å². The van der Waals surface area contributed by atoms with E-state index in [-0.39, 0.29) is 0 Å². The van der Waals surface area contributed by atoms with E-state index in [2.05, 4.69) is 0 Å². The van der Waals surface area contributed by atoms with Crippen LogP contribution in [0.25, 0.3) is 0 Å². The number of Topliss-reactive ketones (excluding diaryl/α,β-unsaturated/α-hetero) is 1. The van der Waals surface area contributed by atoms with Gasteiger partial charge < -0.3 is 4.74 Å². The third kappa shape index (κ3) is 3.42. The molecule has 0 aliphatic rings. The summed E-state index contributed by atoms with van der Waals surface area (Å²) in [5.74, 6) is -7.37. The summed E-state index contributed by atoms with van der Waals surface area (Å²) in [5, 5.41) is 0. The summed E-state index contributed by atoms with van der Waals surface area (Å²) in [5.41, 5.74) is -0.717. The first-order valence-electron chi connectivity index (χ1n) is 5.42. The van der Waals surface area contributed by atoms with Crippen LogP contribution in [0.15, 0.2) is 24.3 Å². The molecule has 0 saturated carbocycles. The summed E-state index contributed by atoms with van der Waals surface area (Å²) >= 11 is 0. The Balaban J connectivity index is 2.90. The number of hydrogen-bond acceptors (Lipinski definition) is 2.